The average Bonchev–Trinajstić information content (AvgIpc) is 2.88. The zero-order valence-electron chi connectivity index (χ0n) is 19.4. The van der Waals surface area contributed by atoms with E-state index >= 15 is 0 Å². The number of benzene rings is 2. The number of aryl methyl sites for hydroxylation is 1. The molecular formula is C27H32N4O2. The van der Waals surface area contributed by atoms with E-state index in [0.29, 0.717) is 0 Å². The minimum Gasteiger partial charge on any atom is -0.496 e. The molecule has 1 atom stereocenters. The predicted octanol–water partition coefficient (Wildman–Crippen LogP) is 4.51. The van der Waals surface area contributed by atoms with Gasteiger partial charge in [-0.05, 0) is 62.4 Å². The third-order valence-electron chi connectivity index (χ3n) is 6.32. The third-order valence-corrected chi connectivity index (χ3v) is 6.32. The number of carbonyl (C=O) groups is 1. The Kier molecular flexibility index (Phi) is 7.55. The summed E-state index contributed by atoms with van der Waals surface area (Å²) in [6, 6.07) is 22.4. The van der Waals surface area contributed by atoms with E-state index < -0.39 is 0 Å². The number of hydrogen-bond donors (Lipinski definition) is 1. The molecule has 1 N–H and O–H groups in total. The number of nitrogens with one attached hydrogen (secondary N) is 1. The van der Waals surface area contributed by atoms with Gasteiger partial charge in [-0.1, -0.05) is 42.5 Å². The Morgan fingerprint density at radius 2 is 1.76 bits per heavy atom. The number of methoxy groups -OCH3 is 1. The maximum Gasteiger partial charge on any atom is 0.223 e. The Labute approximate surface area is 196 Å². The second-order valence-electron chi connectivity index (χ2n) is 8.67. The number of para-hydroxylation sites is 1. The second kappa shape index (κ2) is 10.9. The van der Waals surface area contributed by atoms with E-state index in [0.717, 1.165) is 61.6 Å². The molecule has 1 amide bonds. The van der Waals surface area contributed by atoms with Gasteiger partial charge < -0.3 is 15.0 Å². The number of ether oxygens (including phenoxy) is 1. The van der Waals surface area contributed by atoms with Crippen molar-refractivity contribution < 1.29 is 9.53 Å². The molecule has 1 aliphatic rings. The Morgan fingerprint density at radius 1 is 1.03 bits per heavy atom. The van der Waals surface area contributed by atoms with Crippen LogP contribution in [0, 0.1) is 5.92 Å². The molecule has 0 spiro atoms. The number of rotatable bonds is 8. The highest BCUT2D eigenvalue weighted by Gasteiger charge is 2.26. The summed E-state index contributed by atoms with van der Waals surface area (Å²) in [5.41, 5.74) is 3.02. The molecule has 6 heteroatoms. The van der Waals surface area contributed by atoms with E-state index in [1.54, 1.807) is 7.11 Å². The van der Waals surface area contributed by atoms with Gasteiger partial charge in [-0.3, -0.25) is 4.79 Å². The van der Waals surface area contributed by atoms with Gasteiger partial charge in [0, 0.05) is 30.6 Å². The summed E-state index contributed by atoms with van der Waals surface area (Å²) >= 11 is 0. The van der Waals surface area contributed by atoms with Crippen molar-refractivity contribution in [1.29, 1.82) is 0 Å². The molecule has 0 aliphatic carbocycles. The molecule has 1 aliphatic heterocycles. The first-order valence-corrected chi connectivity index (χ1v) is 11.7. The van der Waals surface area contributed by atoms with Crippen molar-refractivity contribution in [1.82, 2.24) is 15.5 Å². The lowest BCUT2D eigenvalue weighted by atomic mass is 9.95. The Bertz CT molecular complexity index is 1030. The monoisotopic (exact) mass is 444 g/mol. The highest BCUT2D eigenvalue weighted by atomic mass is 16.5. The zero-order valence-corrected chi connectivity index (χ0v) is 19.4. The largest absolute Gasteiger partial charge is 0.496 e. The maximum absolute atomic E-state index is 12.8. The fourth-order valence-electron chi connectivity index (χ4n) is 4.33. The van der Waals surface area contributed by atoms with E-state index in [1.165, 1.54) is 5.56 Å². The number of carbonyl (C=O) groups excluding carboxylic acids is 1. The van der Waals surface area contributed by atoms with Gasteiger partial charge in [0.1, 0.15) is 5.75 Å². The lowest BCUT2D eigenvalue weighted by molar-refractivity contribution is -0.126. The topological polar surface area (TPSA) is 67.3 Å². The first kappa shape index (κ1) is 22.8. The molecule has 172 valence electrons. The van der Waals surface area contributed by atoms with Crippen LogP contribution >= 0.6 is 0 Å². The van der Waals surface area contributed by atoms with Crippen molar-refractivity contribution in [3.8, 4) is 17.0 Å². The molecule has 1 unspecified atom stereocenters. The highest BCUT2D eigenvalue weighted by molar-refractivity contribution is 5.79. The van der Waals surface area contributed by atoms with Crippen molar-refractivity contribution in [2.24, 2.45) is 5.92 Å². The maximum atomic E-state index is 12.8. The second-order valence-corrected chi connectivity index (χ2v) is 8.67. The van der Waals surface area contributed by atoms with Crippen LogP contribution in [0.1, 0.15) is 31.7 Å². The van der Waals surface area contributed by atoms with Crippen LogP contribution in [0.15, 0.2) is 66.7 Å². The SMILES string of the molecule is COc1ccccc1-c1ccc(N2CCC(C(=O)NC(C)CCc3ccccc3)CC2)nn1. The van der Waals surface area contributed by atoms with Crippen LogP contribution < -0.4 is 15.0 Å². The molecule has 0 saturated carbocycles. The minimum atomic E-state index is 0.0567. The molecule has 1 aromatic heterocycles. The summed E-state index contributed by atoms with van der Waals surface area (Å²) in [6.07, 6.45) is 3.58. The smallest absolute Gasteiger partial charge is 0.223 e. The van der Waals surface area contributed by atoms with Crippen LogP contribution in [0.5, 0.6) is 5.75 Å². The van der Waals surface area contributed by atoms with Gasteiger partial charge in [0.2, 0.25) is 5.91 Å². The van der Waals surface area contributed by atoms with Crippen LogP contribution in [0.2, 0.25) is 0 Å². The molecule has 4 rings (SSSR count). The van der Waals surface area contributed by atoms with Crippen LogP contribution in [0.3, 0.4) is 0 Å². The van der Waals surface area contributed by atoms with Gasteiger partial charge in [-0.2, -0.15) is 0 Å². The fourth-order valence-corrected chi connectivity index (χ4v) is 4.33. The van der Waals surface area contributed by atoms with E-state index in [2.05, 4.69) is 51.6 Å². The Hall–Kier alpha value is -3.41. The summed E-state index contributed by atoms with van der Waals surface area (Å²) in [4.78, 5) is 15.0. The molecule has 3 aromatic rings. The molecule has 33 heavy (non-hydrogen) atoms. The van der Waals surface area contributed by atoms with Gasteiger partial charge in [0.15, 0.2) is 5.82 Å². The number of aromatic nitrogens is 2. The number of hydrogen-bond acceptors (Lipinski definition) is 5. The van der Waals surface area contributed by atoms with Crippen molar-refractivity contribution in [2.45, 2.75) is 38.6 Å². The lowest BCUT2D eigenvalue weighted by Crippen LogP contribution is -2.43. The Morgan fingerprint density at radius 3 is 2.45 bits per heavy atom. The van der Waals surface area contributed by atoms with Gasteiger partial charge in [0.25, 0.3) is 0 Å². The normalized spacial score (nSPS) is 15.2. The molecule has 6 nitrogen and oxygen atoms in total. The predicted molar refractivity (Wildman–Crippen MR) is 131 cm³/mol. The van der Waals surface area contributed by atoms with Gasteiger partial charge >= 0.3 is 0 Å². The lowest BCUT2D eigenvalue weighted by Gasteiger charge is -2.32. The Balaban J connectivity index is 1.26. The van der Waals surface area contributed by atoms with Crippen molar-refractivity contribution >= 4 is 11.7 Å². The van der Waals surface area contributed by atoms with Gasteiger partial charge in [-0.15, -0.1) is 10.2 Å². The van der Waals surface area contributed by atoms with Crippen LogP contribution in [-0.2, 0) is 11.2 Å². The van der Waals surface area contributed by atoms with E-state index in [9.17, 15) is 4.79 Å². The fraction of sp³-hybridized carbons (Fsp3) is 0.370. The van der Waals surface area contributed by atoms with Crippen molar-refractivity contribution in [3.63, 3.8) is 0 Å². The highest BCUT2D eigenvalue weighted by Crippen LogP contribution is 2.29. The summed E-state index contributed by atoms with van der Waals surface area (Å²) in [6.45, 7) is 3.70. The van der Waals surface area contributed by atoms with Crippen LogP contribution in [0.25, 0.3) is 11.3 Å². The van der Waals surface area contributed by atoms with Gasteiger partial charge in [-0.25, -0.2) is 0 Å². The van der Waals surface area contributed by atoms with Crippen molar-refractivity contribution in [3.05, 3.63) is 72.3 Å². The van der Waals surface area contributed by atoms with E-state index in [-0.39, 0.29) is 17.9 Å². The number of amides is 1. The van der Waals surface area contributed by atoms with E-state index in [1.807, 2.05) is 42.5 Å². The standard InChI is InChI=1S/C27H32N4O2/c1-20(12-13-21-8-4-3-5-9-21)28-27(32)22-16-18-31(19-17-22)26-15-14-24(29-30-26)23-10-6-7-11-25(23)33-2/h3-11,14-15,20,22H,12-13,16-19H2,1-2H3,(H,28,32). The minimum absolute atomic E-state index is 0.0567. The molecule has 1 saturated heterocycles. The zero-order chi connectivity index (χ0) is 23.0. The van der Waals surface area contributed by atoms with E-state index in [4.69, 9.17) is 4.74 Å². The number of anilines is 1. The van der Waals surface area contributed by atoms with Crippen LogP contribution in [0.4, 0.5) is 5.82 Å². The quantitative estimate of drug-likeness (QED) is 0.554. The molecule has 0 radical (unpaired) electrons. The number of nitrogens with zero attached hydrogens (tertiary/aromatic N) is 3. The molecule has 0 bridgehead atoms. The average molecular weight is 445 g/mol. The molecule has 2 heterocycles. The first-order chi connectivity index (χ1) is 16.1. The molecule has 2 aromatic carbocycles. The van der Waals surface area contributed by atoms with Crippen molar-refractivity contribution in [2.75, 3.05) is 25.1 Å². The summed E-state index contributed by atoms with van der Waals surface area (Å²) in [7, 11) is 1.66. The summed E-state index contributed by atoms with van der Waals surface area (Å²) in [5, 5.41) is 12.1. The number of piperidine rings is 1. The van der Waals surface area contributed by atoms with Gasteiger partial charge in [0.05, 0.1) is 12.8 Å². The molecule has 1 fully saturated rings. The molecular weight excluding hydrogens is 412 g/mol. The summed E-state index contributed by atoms with van der Waals surface area (Å²) < 4.78 is 5.43. The third kappa shape index (κ3) is 5.89. The summed E-state index contributed by atoms with van der Waals surface area (Å²) in [5.74, 6) is 1.86. The first-order valence-electron chi connectivity index (χ1n) is 11.7. The van der Waals surface area contributed by atoms with Crippen LogP contribution in [-0.4, -0.2) is 42.3 Å².